The van der Waals surface area contributed by atoms with Gasteiger partial charge >= 0.3 is 5.97 Å². The summed E-state index contributed by atoms with van der Waals surface area (Å²) in [5, 5.41) is 12.5. The van der Waals surface area contributed by atoms with Gasteiger partial charge in [0, 0.05) is 50.5 Å². The molecule has 0 radical (unpaired) electrons. The van der Waals surface area contributed by atoms with Gasteiger partial charge in [0.15, 0.2) is 0 Å². The average molecular weight is 439 g/mol. The number of hydrogen-bond donors (Lipinski definition) is 2. The van der Waals surface area contributed by atoms with E-state index in [0.29, 0.717) is 62.8 Å². The topological polar surface area (TPSA) is 93.2 Å². The third-order valence-electron chi connectivity index (χ3n) is 5.71. The maximum absolute atomic E-state index is 12.4. The Morgan fingerprint density at radius 3 is 2.22 bits per heavy atom. The lowest BCUT2D eigenvalue weighted by Crippen LogP contribution is -2.50. The highest BCUT2D eigenvalue weighted by Crippen LogP contribution is 2.26. The Bertz CT molecular complexity index is 952. The van der Waals surface area contributed by atoms with E-state index in [-0.39, 0.29) is 17.4 Å². The van der Waals surface area contributed by atoms with Crippen LogP contribution in [0.4, 0.5) is 11.4 Å². The second-order valence-corrected chi connectivity index (χ2v) is 7.69. The van der Waals surface area contributed by atoms with Crippen molar-refractivity contribution in [2.24, 2.45) is 0 Å². The molecule has 0 aliphatic carbocycles. The van der Waals surface area contributed by atoms with Gasteiger partial charge in [0.2, 0.25) is 5.91 Å². The van der Waals surface area contributed by atoms with Crippen molar-refractivity contribution < 1.29 is 19.5 Å². The predicted octanol–water partition coefficient (Wildman–Crippen LogP) is 2.63. The first kappa shape index (κ1) is 23.3. The van der Waals surface area contributed by atoms with Crippen molar-refractivity contribution >= 4 is 29.2 Å². The summed E-state index contributed by atoms with van der Waals surface area (Å²) in [5.41, 5.74) is 1.70. The number of nitrogens with zero attached hydrogens (tertiary/aromatic N) is 3. The molecule has 1 fully saturated rings. The number of amides is 2. The summed E-state index contributed by atoms with van der Waals surface area (Å²) in [6.45, 7) is 8.33. The van der Waals surface area contributed by atoms with Crippen molar-refractivity contribution in [1.82, 2.24) is 9.80 Å². The van der Waals surface area contributed by atoms with Gasteiger partial charge in [-0.15, -0.1) is 0 Å². The summed E-state index contributed by atoms with van der Waals surface area (Å²) >= 11 is 0. The summed E-state index contributed by atoms with van der Waals surface area (Å²) in [4.78, 5) is 42.6. The average Bonchev–Trinajstić information content (AvgIpc) is 2.81. The number of likely N-dealkylation sites (N-methyl/N-ethyl adjacent to an activating group) is 1. The quantitative estimate of drug-likeness (QED) is 0.658. The normalized spacial score (nSPS) is 14.1. The third kappa shape index (κ3) is 5.64. The summed E-state index contributed by atoms with van der Waals surface area (Å²) in [5.74, 6) is -1.22. The molecule has 0 unspecified atom stereocenters. The SMILES string of the molecule is CCN(CC)C(=O)CN1CCN(c2ccc(NC(=O)c3ccccc3)cc2C(=O)O)CC1. The lowest BCUT2D eigenvalue weighted by Gasteiger charge is -2.37. The maximum atomic E-state index is 12.4. The summed E-state index contributed by atoms with van der Waals surface area (Å²) < 4.78 is 0. The molecule has 0 saturated carbocycles. The van der Waals surface area contributed by atoms with Crippen LogP contribution in [0.3, 0.4) is 0 Å². The fraction of sp³-hybridized carbons (Fsp3) is 0.375. The number of carboxylic acids is 1. The number of carbonyl (C=O) groups excluding carboxylic acids is 2. The van der Waals surface area contributed by atoms with Gasteiger partial charge in [-0.25, -0.2) is 4.79 Å². The Morgan fingerprint density at radius 2 is 1.62 bits per heavy atom. The van der Waals surface area contributed by atoms with Crippen molar-refractivity contribution in [3.8, 4) is 0 Å². The van der Waals surface area contributed by atoms with Crippen molar-refractivity contribution in [3.63, 3.8) is 0 Å². The van der Waals surface area contributed by atoms with E-state index >= 15 is 0 Å². The second-order valence-electron chi connectivity index (χ2n) is 7.69. The molecule has 3 rings (SSSR count). The Balaban J connectivity index is 1.66. The van der Waals surface area contributed by atoms with E-state index in [9.17, 15) is 19.5 Å². The van der Waals surface area contributed by atoms with Gasteiger partial charge in [0.05, 0.1) is 17.8 Å². The smallest absolute Gasteiger partial charge is 0.337 e. The zero-order valence-corrected chi connectivity index (χ0v) is 18.6. The van der Waals surface area contributed by atoms with Gasteiger partial charge in [-0.3, -0.25) is 14.5 Å². The number of carboxylic acid groups (broad SMARTS) is 1. The van der Waals surface area contributed by atoms with Gasteiger partial charge < -0.3 is 20.2 Å². The van der Waals surface area contributed by atoms with Crippen molar-refractivity contribution in [2.45, 2.75) is 13.8 Å². The fourth-order valence-corrected chi connectivity index (χ4v) is 3.87. The molecule has 0 spiro atoms. The van der Waals surface area contributed by atoms with Crippen LogP contribution < -0.4 is 10.2 Å². The second kappa shape index (κ2) is 10.8. The number of aromatic carboxylic acids is 1. The predicted molar refractivity (Wildman–Crippen MR) is 124 cm³/mol. The van der Waals surface area contributed by atoms with Crippen LogP contribution in [0.5, 0.6) is 0 Å². The zero-order chi connectivity index (χ0) is 23.1. The van der Waals surface area contributed by atoms with Gasteiger partial charge in [0.25, 0.3) is 5.91 Å². The van der Waals surface area contributed by atoms with Crippen LogP contribution in [0, 0.1) is 0 Å². The molecule has 0 bridgehead atoms. The molecule has 2 aromatic carbocycles. The number of benzene rings is 2. The van der Waals surface area contributed by atoms with Crippen LogP contribution in [0.25, 0.3) is 0 Å². The first-order valence-corrected chi connectivity index (χ1v) is 10.9. The minimum absolute atomic E-state index is 0.119. The highest BCUT2D eigenvalue weighted by atomic mass is 16.4. The Labute approximate surface area is 188 Å². The molecule has 32 heavy (non-hydrogen) atoms. The number of nitrogens with one attached hydrogen (secondary N) is 1. The van der Waals surface area contributed by atoms with Gasteiger partial charge in [-0.05, 0) is 44.2 Å². The van der Waals surface area contributed by atoms with E-state index in [1.165, 1.54) is 6.07 Å². The van der Waals surface area contributed by atoms with E-state index in [4.69, 9.17) is 0 Å². The molecule has 2 N–H and O–H groups in total. The molecule has 1 aliphatic rings. The van der Waals surface area contributed by atoms with Gasteiger partial charge in [0.1, 0.15) is 0 Å². The number of carbonyl (C=O) groups is 3. The molecule has 170 valence electrons. The van der Waals surface area contributed by atoms with Gasteiger partial charge in [-0.1, -0.05) is 18.2 Å². The van der Waals surface area contributed by atoms with Crippen molar-refractivity contribution in [3.05, 3.63) is 59.7 Å². The van der Waals surface area contributed by atoms with Crippen LogP contribution in [0.1, 0.15) is 34.6 Å². The number of rotatable bonds is 8. The van der Waals surface area contributed by atoms with Gasteiger partial charge in [-0.2, -0.15) is 0 Å². The third-order valence-corrected chi connectivity index (χ3v) is 5.71. The van der Waals surface area contributed by atoms with E-state index in [2.05, 4.69) is 10.2 Å². The fourth-order valence-electron chi connectivity index (χ4n) is 3.87. The molecular weight excluding hydrogens is 408 g/mol. The van der Waals surface area contributed by atoms with E-state index in [1.54, 1.807) is 36.4 Å². The van der Waals surface area contributed by atoms with Crippen LogP contribution in [-0.4, -0.2) is 78.5 Å². The molecule has 1 heterocycles. The largest absolute Gasteiger partial charge is 0.478 e. The molecule has 2 amide bonds. The number of hydrogen-bond acceptors (Lipinski definition) is 5. The van der Waals surface area contributed by atoms with Crippen molar-refractivity contribution in [1.29, 1.82) is 0 Å². The van der Waals surface area contributed by atoms with Crippen LogP contribution in [-0.2, 0) is 4.79 Å². The molecule has 1 aliphatic heterocycles. The molecule has 2 aromatic rings. The molecule has 8 nitrogen and oxygen atoms in total. The van der Waals surface area contributed by atoms with E-state index < -0.39 is 5.97 Å². The first-order chi connectivity index (χ1) is 15.4. The maximum Gasteiger partial charge on any atom is 0.337 e. The van der Waals surface area contributed by atoms with E-state index in [0.717, 1.165) is 0 Å². The Hall–Kier alpha value is -3.39. The molecular formula is C24H30N4O4. The minimum Gasteiger partial charge on any atom is -0.478 e. The Kier molecular flexibility index (Phi) is 7.83. The highest BCUT2D eigenvalue weighted by molar-refractivity contribution is 6.05. The highest BCUT2D eigenvalue weighted by Gasteiger charge is 2.24. The lowest BCUT2D eigenvalue weighted by molar-refractivity contribution is -0.132. The molecule has 0 atom stereocenters. The standard InChI is InChI=1S/C24H30N4O4/c1-3-27(4-2)22(29)17-26-12-14-28(15-13-26)21-11-10-19(16-20(21)24(31)32)25-23(30)18-8-6-5-7-9-18/h5-11,16H,3-4,12-15,17H2,1-2H3,(H,25,30)(H,31,32). The molecule has 8 heteroatoms. The lowest BCUT2D eigenvalue weighted by atomic mass is 10.1. The first-order valence-electron chi connectivity index (χ1n) is 10.9. The zero-order valence-electron chi connectivity index (χ0n) is 18.6. The van der Waals surface area contributed by atoms with E-state index in [1.807, 2.05) is 29.7 Å². The number of piperazine rings is 1. The summed E-state index contributed by atoms with van der Waals surface area (Å²) in [6, 6.07) is 13.7. The molecule has 1 saturated heterocycles. The summed E-state index contributed by atoms with van der Waals surface area (Å²) in [6.07, 6.45) is 0. The van der Waals surface area contributed by atoms with Crippen LogP contribution in [0.2, 0.25) is 0 Å². The van der Waals surface area contributed by atoms with Crippen molar-refractivity contribution in [2.75, 3.05) is 56.0 Å². The van der Waals surface area contributed by atoms with Crippen LogP contribution >= 0.6 is 0 Å². The number of anilines is 2. The monoisotopic (exact) mass is 438 g/mol. The molecule has 0 aromatic heterocycles. The summed E-state index contributed by atoms with van der Waals surface area (Å²) in [7, 11) is 0. The Morgan fingerprint density at radius 1 is 0.969 bits per heavy atom. The minimum atomic E-state index is -1.05. The van der Waals surface area contributed by atoms with Crippen LogP contribution in [0.15, 0.2) is 48.5 Å².